The molecule has 0 aromatic heterocycles. The Morgan fingerprint density at radius 1 is 0.875 bits per heavy atom. The molecule has 0 aliphatic carbocycles. The maximum atomic E-state index is 3.31. The monoisotopic (exact) mass is 220 g/mol. The standard InChI is InChI=1S/C14H24N2/c1-13(2,3)11-9-7-8-10-12(11)15-16-14(4,5)6/h7-10,15-16H,1-6H3. The molecular formula is C14H24N2. The summed E-state index contributed by atoms with van der Waals surface area (Å²) in [4.78, 5) is 0. The van der Waals surface area contributed by atoms with E-state index in [1.54, 1.807) is 0 Å². The van der Waals surface area contributed by atoms with E-state index in [9.17, 15) is 0 Å². The molecule has 0 radical (unpaired) electrons. The second-order valence-electron chi connectivity index (χ2n) is 6.30. The first kappa shape index (κ1) is 13.0. The second kappa shape index (κ2) is 4.46. The predicted octanol–water partition coefficient (Wildman–Crippen LogP) is 3.70. The molecule has 0 saturated heterocycles. The minimum Gasteiger partial charge on any atom is -0.321 e. The second-order valence-corrected chi connectivity index (χ2v) is 6.30. The summed E-state index contributed by atoms with van der Waals surface area (Å²) in [5.74, 6) is 0. The molecule has 0 unspecified atom stereocenters. The molecule has 0 heterocycles. The summed E-state index contributed by atoms with van der Waals surface area (Å²) in [7, 11) is 0. The maximum absolute atomic E-state index is 3.31. The smallest absolute Gasteiger partial charge is 0.0525 e. The summed E-state index contributed by atoms with van der Waals surface area (Å²) in [5.41, 5.74) is 9.31. The highest BCUT2D eigenvalue weighted by Gasteiger charge is 2.18. The van der Waals surface area contributed by atoms with Crippen molar-refractivity contribution < 1.29 is 0 Å². The third-order valence-corrected chi connectivity index (χ3v) is 2.31. The summed E-state index contributed by atoms with van der Waals surface area (Å²) in [6.07, 6.45) is 0. The summed E-state index contributed by atoms with van der Waals surface area (Å²) in [6.45, 7) is 13.1. The van der Waals surface area contributed by atoms with Gasteiger partial charge in [-0.05, 0) is 37.8 Å². The molecule has 0 saturated carbocycles. The van der Waals surface area contributed by atoms with Gasteiger partial charge < -0.3 is 5.43 Å². The molecule has 0 fully saturated rings. The highest BCUT2D eigenvalue weighted by atomic mass is 15.4. The van der Waals surface area contributed by atoms with E-state index in [-0.39, 0.29) is 11.0 Å². The van der Waals surface area contributed by atoms with Crippen LogP contribution in [0.25, 0.3) is 0 Å². The molecule has 0 aliphatic heterocycles. The number of rotatable bonds is 2. The van der Waals surface area contributed by atoms with Gasteiger partial charge in [0.1, 0.15) is 0 Å². The Morgan fingerprint density at radius 2 is 1.44 bits per heavy atom. The number of hydrogen-bond acceptors (Lipinski definition) is 2. The van der Waals surface area contributed by atoms with Crippen LogP contribution >= 0.6 is 0 Å². The van der Waals surface area contributed by atoms with Gasteiger partial charge in [-0.3, -0.25) is 0 Å². The zero-order valence-corrected chi connectivity index (χ0v) is 11.3. The molecule has 2 heteroatoms. The Balaban J connectivity index is 2.88. The van der Waals surface area contributed by atoms with E-state index in [0.717, 1.165) is 5.69 Å². The quantitative estimate of drug-likeness (QED) is 0.743. The van der Waals surface area contributed by atoms with E-state index in [2.05, 4.69) is 76.7 Å². The normalized spacial score (nSPS) is 12.6. The number of anilines is 1. The Bertz CT molecular complexity index is 342. The fraction of sp³-hybridized carbons (Fsp3) is 0.571. The first-order valence-electron chi connectivity index (χ1n) is 5.83. The molecule has 1 rings (SSSR count). The summed E-state index contributed by atoms with van der Waals surface area (Å²) >= 11 is 0. The molecule has 16 heavy (non-hydrogen) atoms. The molecule has 0 amide bonds. The molecule has 1 aromatic rings. The van der Waals surface area contributed by atoms with Crippen molar-refractivity contribution in [3.63, 3.8) is 0 Å². The lowest BCUT2D eigenvalue weighted by atomic mass is 9.86. The summed E-state index contributed by atoms with van der Waals surface area (Å²) in [5, 5.41) is 0. The van der Waals surface area contributed by atoms with Crippen LogP contribution in [0.4, 0.5) is 5.69 Å². The highest BCUT2D eigenvalue weighted by molar-refractivity contribution is 5.53. The SMILES string of the molecule is CC(C)(C)NNc1ccccc1C(C)(C)C. The van der Waals surface area contributed by atoms with Crippen LogP contribution in [0.5, 0.6) is 0 Å². The average Bonchev–Trinajstić information content (AvgIpc) is 2.12. The van der Waals surface area contributed by atoms with Gasteiger partial charge in [0.05, 0.1) is 5.69 Å². The molecule has 2 N–H and O–H groups in total. The lowest BCUT2D eigenvalue weighted by molar-refractivity contribution is 0.464. The first-order valence-corrected chi connectivity index (χ1v) is 5.83. The summed E-state index contributed by atoms with van der Waals surface area (Å²) in [6, 6.07) is 8.43. The number of hydrazine groups is 1. The van der Waals surface area contributed by atoms with Gasteiger partial charge >= 0.3 is 0 Å². The van der Waals surface area contributed by atoms with Gasteiger partial charge in [-0.1, -0.05) is 39.0 Å². The number of hydrogen-bond donors (Lipinski definition) is 2. The zero-order valence-electron chi connectivity index (χ0n) is 11.3. The molecule has 0 atom stereocenters. The van der Waals surface area contributed by atoms with E-state index in [1.807, 2.05) is 0 Å². The number of para-hydroxylation sites is 1. The van der Waals surface area contributed by atoms with Crippen molar-refractivity contribution >= 4 is 5.69 Å². The Labute approximate surface area is 99.4 Å². The van der Waals surface area contributed by atoms with Gasteiger partial charge in [0.25, 0.3) is 0 Å². The van der Waals surface area contributed by atoms with Crippen molar-refractivity contribution in [2.75, 3.05) is 5.43 Å². The lowest BCUT2D eigenvalue weighted by Crippen LogP contribution is -2.40. The van der Waals surface area contributed by atoms with Crippen LogP contribution in [-0.4, -0.2) is 5.54 Å². The first-order chi connectivity index (χ1) is 7.20. The van der Waals surface area contributed by atoms with Crippen molar-refractivity contribution in [2.45, 2.75) is 52.5 Å². The summed E-state index contributed by atoms with van der Waals surface area (Å²) < 4.78 is 0. The van der Waals surface area contributed by atoms with E-state index >= 15 is 0 Å². The Morgan fingerprint density at radius 3 is 1.94 bits per heavy atom. The van der Waals surface area contributed by atoms with Crippen molar-refractivity contribution in [3.05, 3.63) is 29.8 Å². The van der Waals surface area contributed by atoms with E-state index in [4.69, 9.17) is 0 Å². The highest BCUT2D eigenvalue weighted by Crippen LogP contribution is 2.28. The zero-order chi connectivity index (χ0) is 12.4. The van der Waals surface area contributed by atoms with Crippen molar-refractivity contribution in [3.8, 4) is 0 Å². The molecule has 0 bridgehead atoms. The third-order valence-electron chi connectivity index (χ3n) is 2.31. The van der Waals surface area contributed by atoms with Gasteiger partial charge in [-0.15, -0.1) is 0 Å². The average molecular weight is 220 g/mol. The molecule has 90 valence electrons. The van der Waals surface area contributed by atoms with Crippen molar-refractivity contribution in [1.29, 1.82) is 0 Å². The molecule has 0 spiro atoms. The fourth-order valence-electron chi connectivity index (χ4n) is 1.50. The van der Waals surface area contributed by atoms with Crippen LogP contribution in [0.2, 0.25) is 0 Å². The van der Waals surface area contributed by atoms with Crippen LogP contribution in [0, 0.1) is 0 Å². The van der Waals surface area contributed by atoms with Crippen LogP contribution in [-0.2, 0) is 5.41 Å². The molecular weight excluding hydrogens is 196 g/mol. The van der Waals surface area contributed by atoms with Gasteiger partial charge in [0.2, 0.25) is 0 Å². The molecule has 1 aromatic carbocycles. The van der Waals surface area contributed by atoms with Gasteiger partial charge in [-0.2, -0.15) is 0 Å². The van der Waals surface area contributed by atoms with Crippen LogP contribution in [0.15, 0.2) is 24.3 Å². The predicted molar refractivity (Wildman–Crippen MR) is 71.7 cm³/mol. The molecule has 2 nitrogen and oxygen atoms in total. The van der Waals surface area contributed by atoms with E-state index in [1.165, 1.54) is 5.56 Å². The van der Waals surface area contributed by atoms with Crippen LogP contribution in [0.3, 0.4) is 0 Å². The third kappa shape index (κ3) is 3.86. The number of nitrogens with one attached hydrogen (secondary N) is 2. The maximum Gasteiger partial charge on any atom is 0.0525 e. The Kier molecular flexibility index (Phi) is 3.64. The van der Waals surface area contributed by atoms with E-state index in [0.29, 0.717) is 0 Å². The van der Waals surface area contributed by atoms with Gasteiger partial charge in [0.15, 0.2) is 0 Å². The fourth-order valence-corrected chi connectivity index (χ4v) is 1.50. The van der Waals surface area contributed by atoms with Gasteiger partial charge in [-0.25, -0.2) is 5.43 Å². The largest absolute Gasteiger partial charge is 0.321 e. The van der Waals surface area contributed by atoms with E-state index < -0.39 is 0 Å². The van der Waals surface area contributed by atoms with Crippen LogP contribution < -0.4 is 10.9 Å². The minimum absolute atomic E-state index is 0.0605. The Hall–Kier alpha value is -1.02. The van der Waals surface area contributed by atoms with Gasteiger partial charge in [0, 0.05) is 5.54 Å². The lowest BCUT2D eigenvalue weighted by Gasteiger charge is -2.27. The van der Waals surface area contributed by atoms with Crippen molar-refractivity contribution in [2.24, 2.45) is 0 Å². The van der Waals surface area contributed by atoms with Crippen LogP contribution in [0.1, 0.15) is 47.1 Å². The minimum atomic E-state index is 0.0605. The number of benzene rings is 1. The topological polar surface area (TPSA) is 24.1 Å². The van der Waals surface area contributed by atoms with Crippen molar-refractivity contribution in [1.82, 2.24) is 5.43 Å². The molecule has 0 aliphatic rings.